The maximum absolute atomic E-state index is 6.62. The van der Waals surface area contributed by atoms with Crippen LogP contribution in [-0.4, -0.2) is 26.0 Å². The molecule has 246 valence electrons. The zero-order valence-corrected chi connectivity index (χ0v) is 29.2. The number of hydrogen-bond acceptors (Lipinski definition) is 4. The van der Waals surface area contributed by atoms with Crippen LogP contribution in [-0.2, 0) is 0 Å². The molecule has 0 N–H and O–H groups in total. The minimum Gasteiger partial charge on any atom is -0.248 e. The fourth-order valence-corrected chi connectivity index (χ4v) is 6.14. The summed E-state index contributed by atoms with van der Waals surface area (Å²) in [7, 11) is 0. The van der Waals surface area contributed by atoms with E-state index in [1.54, 1.807) is 0 Å². The number of rotatable bonds is 8. The highest BCUT2D eigenvalue weighted by Gasteiger charge is 2.15. The lowest BCUT2D eigenvalue weighted by molar-refractivity contribution is 1.18. The molecule has 0 saturated carbocycles. The standard InChI is InChI=1S/C44H31Cl2N5/c1-29(31-15-7-3-8-16-31)47-43(45)48-30(2)35-23-37(25-38(24-35)42-28-41(50-44(46)51-42)34-21-13-6-14-22-34)40-27-36(32-17-9-4-10-18-32)26-39(49-40)33-19-11-5-12-20-33/h3-28H,2H2,1H3/b47-29+,48-43-. The van der Waals surface area contributed by atoms with Crippen LogP contribution in [0.3, 0.4) is 0 Å². The maximum Gasteiger partial charge on any atom is 0.223 e. The van der Waals surface area contributed by atoms with E-state index in [0.717, 1.165) is 61.6 Å². The summed E-state index contributed by atoms with van der Waals surface area (Å²) in [5.74, 6) is 0. The first-order chi connectivity index (χ1) is 24.9. The molecule has 0 bridgehead atoms. The molecule has 51 heavy (non-hydrogen) atoms. The van der Waals surface area contributed by atoms with Crippen LogP contribution in [0.5, 0.6) is 0 Å². The summed E-state index contributed by atoms with van der Waals surface area (Å²) in [5, 5.41) is 0.208. The van der Waals surface area contributed by atoms with Crippen molar-refractivity contribution in [3.8, 4) is 56.2 Å². The summed E-state index contributed by atoms with van der Waals surface area (Å²) in [4.78, 5) is 23.5. The maximum atomic E-state index is 6.62. The van der Waals surface area contributed by atoms with Gasteiger partial charge in [0, 0.05) is 33.5 Å². The highest BCUT2D eigenvalue weighted by molar-refractivity contribution is 6.66. The molecule has 0 aliphatic rings. The van der Waals surface area contributed by atoms with Crippen LogP contribution in [0.4, 0.5) is 0 Å². The van der Waals surface area contributed by atoms with Gasteiger partial charge in [0.2, 0.25) is 10.6 Å². The van der Waals surface area contributed by atoms with Gasteiger partial charge in [0.1, 0.15) is 0 Å². The first-order valence-corrected chi connectivity index (χ1v) is 17.1. The Kier molecular flexibility index (Phi) is 10.0. The van der Waals surface area contributed by atoms with E-state index < -0.39 is 0 Å². The van der Waals surface area contributed by atoms with E-state index in [1.807, 2.05) is 122 Å². The van der Waals surface area contributed by atoms with Gasteiger partial charge in [-0.05, 0) is 83.2 Å². The van der Waals surface area contributed by atoms with Gasteiger partial charge in [0.25, 0.3) is 0 Å². The van der Waals surface area contributed by atoms with Gasteiger partial charge in [-0.25, -0.2) is 24.9 Å². The summed E-state index contributed by atoms with van der Waals surface area (Å²) in [6, 6.07) is 52.3. The average molecular weight is 701 g/mol. The molecule has 2 heterocycles. The molecule has 5 aromatic carbocycles. The van der Waals surface area contributed by atoms with Crippen molar-refractivity contribution in [2.45, 2.75) is 6.92 Å². The molecule has 5 nitrogen and oxygen atoms in total. The van der Waals surface area contributed by atoms with Crippen molar-refractivity contribution < 1.29 is 0 Å². The molecule has 0 spiro atoms. The van der Waals surface area contributed by atoms with Crippen LogP contribution in [0, 0.1) is 0 Å². The Morgan fingerprint density at radius 2 is 0.922 bits per heavy atom. The third kappa shape index (κ3) is 8.08. The van der Waals surface area contributed by atoms with Crippen molar-refractivity contribution in [2.24, 2.45) is 9.98 Å². The van der Waals surface area contributed by atoms with Crippen LogP contribution < -0.4 is 0 Å². The Morgan fingerprint density at radius 3 is 1.47 bits per heavy atom. The lowest BCUT2D eigenvalue weighted by Gasteiger charge is -2.14. The molecular weight excluding hydrogens is 669 g/mol. The van der Waals surface area contributed by atoms with Crippen LogP contribution in [0.25, 0.3) is 61.9 Å². The summed E-state index contributed by atoms with van der Waals surface area (Å²) in [6.45, 7) is 6.20. The second kappa shape index (κ2) is 15.3. The molecule has 2 aromatic heterocycles. The van der Waals surface area contributed by atoms with Crippen molar-refractivity contribution in [3.05, 3.63) is 181 Å². The zero-order chi connectivity index (χ0) is 35.2. The van der Waals surface area contributed by atoms with Crippen molar-refractivity contribution in [1.82, 2.24) is 15.0 Å². The number of nitrogens with zero attached hydrogens (tertiary/aromatic N) is 5. The minimum absolute atomic E-state index is 0.0697. The smallest absolute Gasteiger partial charge is 0.223 e. The average Bonchev–Trinajstić information content (AvgIpc) is 3.18. The van der Waals surface area contributed by atoms with Crippen molar-refractivity contribution in [2.75, 3.05) is 0 Å². The fraction of sp³-hybridized carbons (Fsp3) is 0.0227. The monoisotopic (exact) mass is 699 g/mol. The van der Waals surface area contributed by atoms with Gasteiger partial charge in [-0.15, -0.1) is 0 Å². The van der Waals surface area contributed by atoms with Crippen molar-refractivity contribution in [1.29, 1.82) is 0 Å². The van der Waals surface area contributed by atoms with Gasteiger partial charge in [0.15, 0.2) is 0 Å². The van der Waals surface area contributed by atoms with E-state index in [0.29, 0.717) is 17.1 Å². The number of pyridine rings is 1. The largest absolute Gasteiger partial charge is 0.248 e. The number of benzene rings is 5. The van der Waals surface area contributed by atoms with Crippen molar-refractivity contribution in [3.63, 3.8) is 0 Å². The number of amidine groups is 1. The molecule has 0 amide bonds. The molecule has 0 atom stereocenters. The zero-order valence-electron chi connectivity index (χ0n) is 27.7. The Morgan fingerprint density at radius 1 is 0.471 bits per heavy atom. The SMILES string of the molecule is C=C(/N=C(Cl)\N=C(/C)c1ccccc1)c1cc(-c2cc(-c3ccccc3)cc(-c3ccccc3)n2)cc(-c2cc(-c3ccccc3)nc(Cl)n2)c1. The van der Waals surface area contributed by atoms with E-state index in [2.05, 4.69) is 69.0 Å². The highest BCUT2D eigenvalue weighted by atomic mass is 35.5. The Bertz CT molecular complexity index is 2330. The normalized spacial score (nSPS) is 11.7. The van der Waals surface area contributed by atoms with Gasteiger partial charge >= 0.3 is 0 Å². The van der Waals surface area contributed by atoms with Gasteiger partial charge in [-0.2, -0.15) is 0 Å². The summed E-state index contributed by atoms with van der Waals surface area (Å²) in [6.07, 6.45) is 0. The molecule has 7 heteroatoms. The Balaban J connectivity index is 1.39. The molecule has 7 rings (SSSR count). The fourth-order valence-electron chi connectivity index (χ4n) is 5.73. The Labute approximate surface area is 307 Å². The first-order valence-electron chi connectivity index (χ1n) is 16.3. The molecule has 0 aliphatic heterocycles. The number of hydrogen-bond donors (Lipinski definition) is 0. The van der Waals surface area contributed by atoms with Gasteiger partial charge in [-0.3, -0.25) is 0 Å². The van der Waals surface area contributed by atoms with Gasteiger partial charge in [-0.1, -0.05) is 128 Å². The van der Waals surface area contributed by atoms with Gasteiger partial charge in [0.05, 0.1) is 28.5 Å². The molecule has 0 fully saturated rings. The first kappa shape index (κ1) is 33.5. The molecule has 0 saturated heterocycles. The van der Waals surface area contributed by atoms with Crippen LogP contribution in [0.2, 0.25) is 5.28 Å². The molecule has 0 radical (unpaired) electrons. The number of aromatic nitrogens is 3. The topological polar surface area (TPSA) is 63.4 Å². The summed E-state index contributed by atoms with van der Waals surface area (Å²) < 4.78 is 0. The number of aliphatic imine (C=N–C) groups is 2. The molecule has 7 aromatic rings. The van der Waals surface area contributed by atoms with E-state index in [1.165, 1.54) is 0 Å². The van der Waals surface area contributed by atoms with Crippen LogP contribution >= 0.6 is 23.2 Å². The van der Waals surface area contributed by atoms with Gasteiger partial charge < -0.3 is 0 Å². The third-order valence-electron chi connectivity index (χ3n) is 8.31. The van der Waals surface area contributed by atoms with E-state index in [-0.39, 0.29) is 10.6 Å². The molecule has 0 unspecified atom stereocenters. The predicted octanol–water partition coefficient (Wildman–Crippen LogP) is 11.9. The second-order valence-electron chi connectivity index (χ2n) is 11.8. The lowest BCUT2D eigenvalue weighted by Crippen LogP contribution is -1.98. The Hall–Kier alpha value is -6.01. The van der Waals surface area contributed by atoms with E-state index >= 15 is 0 Å². The predicted molar refractivity (Wildman–Crippen MR) is 213 cm³/mol. The summed E-state index contributed by atoms with van der Waals surface area (Å²) >= 11 is 13.2. The lowest BCUT2D eigenvalue weighted by atomic mass is 9.96. The molecular formula is C44H31Cl2N5. The minimum atomic E-state index is 0.0697. The third-order valence-corrected chi connectivity index (χ3v) is 8.65. The van der Waals surface area contributed by atoms with E-state index in [4.69, 9.17) is 28.2 Å². The van der Waals surface area contributed by atoms with E-state index in [9.17, 15) is 0 Å². The van der Waals surface area contributed by atoms with Crippen LogP contribution in [0.1, 0.15) is 18.1 Å². The number of halogens is 2. The quantitative estimate of drug-likeness (QED) is 0.0686. The second-order valence-corrected chi connectivity index (χ2v) is 12.5. The van der Waals surface area contributed by atoms with Crippen molar-refractivity contribution >= 4 is 39.9 Å². The van der Waals surface area contributed by atoms with Crippen LogP contribution in [0.15, 0.2) is 174 Å². The summed E-state index contributed by atoms with van der Waals surface area (Å²) in [5.41, 5.74) is 11.5. The highest BCUT2D eigenvalue weighted by Crippen LogP contribution is 2.35. The molecule has 0 aliphatic carbocycles.